The summed E-state index contributed by atoms with van der Waals surface area (Å²) in [6, 6.07) is 3.94. The standard InChI is InChI=1S/C16H25BN2O2/c1-6-13(18)14-11-12(8-10-19-14)7-9-17-20-15(2,3)16(4,5)21-17/h7-11,13H,6,18H2,1-5H3/b9-7+/t13-/m1/s1. The average molecular weight is 288 g/mol. The van der Waals surface area contributed by atoms with E-state index in [0.29, 0.717) is 0 Å². The van der Waals surface area contributed by atoms with Crippen LogP contribution in [0.4, 0.5) is 0 Å². The lowest BCUT2D eigenvalue weighted by atomic mass is 9.89. The maximum atomic E-state index is 6.02. The van der Waals surface area contributed by atoms with Crippen molar-refractivity contribution in [2.75, 3.05) is 0 Å². The molecule has 4 nitrogen and oxygen atoms in total. The molecular weight excluding hydrogens is 263 g/mol. The van der Waals surface area contributed by atoms with Gasteiger partial charge in [-0.25, -0.2) is 0 Å². The Morgan fingerprint density at radius 3 is 2.48 bits per heavy atom. The summed E-state index contributed by atoms with van der Waals surface area (Å²) < 4.78 is 11.9. The van der Waals surface area contributed by atoms with Crippen LogP contribution in [-0.4, -0.2) is 23.3 Å². The quantitative estimate of drug-likeness (QED) is 0.865. The summed E-state index contributed by atoms with van der Waals surface area (Å²) in [5.74, 6) is 1.94. The van der Waals surface area contributed by atoms with Crippen LogP contribution in [0.5, 0.6) is 0 Å². The second-order valence-electron chi connectivity index (χ2n) is 6.51. The first kappa shape index (κ1) is 16.2. The van der Waals surface area contributed by atoms with Crippen molar-refractivity contribution < 1.29 is 9.31 Å². The summed E-state index contributed by atoms with van der Waals surface area (Å²) >= 11 is 0. The molecule has 1 fully saturated rings. The summed E-state index contributed by atoms with van der Waals surface area (Å²) in [5.41, 5.74) is 7.36. The molecule has 1 aliphatic rings. The van der Waals surface area contributed by atoms with Crippen LogP contribution in [0.3, 0.4) is 0 Å². The van der Waals surface area contributed by atoms with Crippen LogP contribution < -0.4 is 5.73 Å². The molecule has 0 amide bonds. The Labute approximate surface area is 127 Å². The fourth-order valence-corrected chi connectivity index (χ4v) is 2.14. The van der Waals surface area contributed by atoms with Crippen molar-refractivity contribution >= 4 is 13.2 Å². The van der Waals surface area contributed by atoms with E-state index in [1.165, 1.54) is 0 Å². The molecular formula is C16H25BN2O2. The van der Waals surface area contributed by atoms with Crippen LogP contribution in [0, 0.1) is 0 Å². The van der Waals surface area contributed by atoms with E-state index in [1.54, 1.807) is 6.20 Å². The fourth-order valence-electron chi connectivity index (χ4n) is 2.14. The molecule has 1 atom stereocenters. The van der Waals surface area contributed by atoms with Gasteiger partial charge in [-0.3, -0.25) is 4.98 Å². The lowest BCUT2D eigenvalue weighted by molar-refractivity contribution is 0.00578. The Balaban J connectivity index is 2.09. The van der Waals surface area contributed by atoms with Crippen molar-refractivity contribution in [2.45, 2.75) is 58.3 Å². The molecule has 0 saturated carbocycles. The first-order valence-corrected chi connectivity index (χ1v) is 7.50. The van der Waals surface area contributed by atoms with E-state index in [9.17, 15) is 0 Å². The highest BCUT2D eigenvalue weighted by Crippen LogP contribution is 2.37. The Morgan fingerprint density at radius 2 is 1.90 bits per heavy atom. The molecule has 0 aliphatic carbocycles. The average Bonchev–Trinajstić information content (AvgIpc) is 2.64. The van der Waals surface area contributed by atoms with Gasteiger partial charge in [-0.1, -0.05) is 19.0 Å². The van der Waals surface area contributed by atoms with E-state index in [1.807, 2.05) is 51.9 Å². The summed E-state index contributed by atoms with van der Waals surface area (Å²) in [4.78, 5) is 4.31. The highest BCUT2D eigenvalue weighted by atomic mass is 16.7. The van der Waals surface area contributed by atoms with E-state index in [0.717, 1.165) is 17.7 Å². The smallest absolute Gasteiger partial charge is 0.400 e. The Bertz CT molecular complexity index is 513. The third-order valence-corrected chi connectivity index (χ3v) is 4.34. The predicted octanol–water partition coefficient (Wildman–Crippen LogP) is 3.14. The second kappa shape index (κ2) is 5.91. The minimum absolute atomic E-state index is 0.0183. The number of hydrogen-bond donors (Lipinski definition) is 1. The van der Waals surface area contributed by atoms with Crippen molar-refractivity contribution in [2.24, 2.45) is 5.73 Å². The number of rotatable bonds is 4. The first-order valence-electron chi connectivity index (χ1n) is 7.50. The van der Waals surface area contributed by atoms with Crippen LogP contribution in [0.2, 0.25) is 0 Å². The summed E-state index contributed by atoms with van der Waals surface area (Å²) in [6.45, 7) is 10.2. The molecule has 1 aromatic rings. The number of pyridine rings is 1. The topological polar surface area (TPSA) is 57.4 Å². The third-order valence-electron chi connectivity index (χ3n) is 4.34. The van der Waals surface area contributed by atoms with Gasteiger partial charge in [0.1, 0.15) is 0 Å². The summed E-state index contributed by atoms with van der Waals surface area (Å²) in [7, 11) is -0.327. The zero-order valence-electron chi connectivity index (χ0n) is 13.6. The summed E-state index contributed by atoms with van der Waals surface area (Å²) in [5, 5.41) is 0. The lowest BCUT2D eigenvalue weighted by Gasteiger charge is -2.32. The molecule has 5 heteroatoms. The lowest BCUT2D eigenvalue weighted by Crippen LogP contribution is -2.41. The molecule has 114 valence electrons. The van der Waals surface area contributed by atoms with Crippen molar-refractivity contribution in [3.8, 4) is 0 Å². The van der Waals surface area contributed by atoms with Gasteiger partial charge in [-0.2, -0.15) is 0 Å². The minimum Gasteiger partial charge on any atom is -0.400 e. The van der Waals surface area contributed by atoms with E-state index < -0.39 is 0 Å². The largest absolute Gasteiger partial charge is 0.487 e. The Hall–Kier alpha value is -1.17. The van der Waals surface area contributed by atoms with Gasteiger partial charge in [0.25, 0.3) is 0 Å². The molecule has 1 aromatic heterocycles. The van der Waals surface area contributed by atoms with Crippen LogP contribution in [0.1, 0.15) is 58.3 Å². The molecule has 1 aliphatic heterocycles. The van der Waals surface area contributed by atoms with E-state index >= 15 is 0 Å². The van der Waals surface area contributed by atoms with E-state index in [2.05, 4.69) is 11.9 Å². The Kier molecular flexibility index (Phi) is 4.56. The van der Waals surface area contributed by atoms with Crippen LogP contribution >= 0.6 is 0 Å². The molecule has 0 bridgehead atoms. The predicted molar refractivity (Wildman–Crippen MR) is 86.6 cm³/mol. The summed E-state index contributed by atoms with van der Waals surface area (Å²) in [6.07, 6.45) is 4.65. The van der Waals surface area contributed by atoms with E-state index in [4.69, 9.17) is 15.0 Å². The molecule has 2 rings (SSSR count). The normalized spacial score (nSPS) is 21.9. The molecule has 0 radical (unpaired) electrons. The van der Waals surface area contributed by atoms with Gasteiger partial charge >= 0.3 is 7.12 Å². The highest BCUT2D eigenvalue weighted by molar-refractivity contribution is 6.52. The SMILES string of the molecule is CC[C@@H](N)c1cc(/C=C/B2OC(C)(C)C(C)(C)O2)ccn1. The molecule has 0 unspecified atom stereocenters. The number of nitrogens with two attached hydrogens (primary N) is 1. The second-order valence-corrected chi connectivity index (χ2v) is 6.51. The third kappa shape index (κ3) is 3.54. The maximum absolute atomic E-state index is 6.02. The fraction of sp³-hybridized carbons (Fsp3) is 0.562. The molecule has 21 heavy (non-hydrogen) atoms. The highest BCUT2D eigenvalue weighted by Gasteiger charge is 2.49. The van der Waals surface area contributed by atoms with E-state index in [-0.39, 0.29) is 24.4 Å². The van der Waals surface area contributed by atoms with Crippen LogP contribution in [0.15, 0.2) is 24.3 Å². The molecule has 0 aromatic carbocycles. The number of hydrogen-bond acceptors (Lipinski definition) is 4. The Morgan fingerprint density at radius 1 is 1.29 bits per heavy atom. The number of aromatic nitrogens is 1. The van der Waals surface area contributed by atoms with Crippen molar-refractivity contribution in [3.05, 3.63) is 35.6 Å². The zero-order chi connectivity index (χ0) is 15.7. The zero-order valence-corrected chi connectivity index (χ0v) is 13.6. The minimum atomic E-state index is -0.327. The van der Waals surface area contributed by atoms with Crippen molar-refractivity contribution in [3.63, 3.8) is 0 Å². The van der Waals surface area contributed by atoms with Gasteiger partial charge in [-0.15, -0.1) is 0 Å². The van der Waals surface area contributed by atoms with Crippen molar-refractivity contribution in [1.82, 2.24) is 4.98 Å². The van der Waals surface area contributed by atoms with Crippen LogP contribution in [0.25, 0.3) is 6.08 Å². The molecule has 0 spiro atoms. The van der Waals surface area contributed by atoms with Gasteiger partial charge in [0.05, 0.1) is 16.9 Å². The monoisotopic (exact) mass is 288 g/mol. The van der Waals surface area contributed by atoms with Gasteiger partial charge in [0.15, 0.2) is 0 Å². The van der Waals surface area contributed by atoms with Gasteiger partial charge in [0.2, 0.25) is 0 Å². The van der Waals surface area contributed by atoms with Crippen molar-refractivity contribution in [1.29, 1.82) is 0 Å². The maximum Gasteiger partial charge on any atom is 0.487 e. The van der Waals surface area contributed by atoms with Gasteiger partial charge in [-0.05, 0) is 51.8 Å². The van der Waals surface area contributed by atoms with Gasteiger partial charge < -0.3 is 15.0 Å². The van der Waals surface area contributed by atoms with Crippen LogP contribution in [-0.2, 0) is 9.31 Å². The molecule has 2 N–H and O–H groups in total. The first-order chi connectivity index (χ1) is 9.75. The molecule has 1 saturated heterocycles. The van der Waals surface area contributed by atoms with Gasteiger partial charge in [0, 0.05) is 12.2 Å². The number of nitrogens with zero attached hydrogens (tertiary/aromatic N) is 1. The molecule has 2 heterocycles.